The summed E-state index contributed by atoms with van der Waals surface area (Å²) in [4.78, 5) is 3.94. The lowest BCUT2D eigenvalue weighted by atomic mass is 10.3. The molecule has 2 N–H and O–H groups in total. The third kappa shape index (κ3) is 4.87. The Balaban J connectivity index is 2.60. The fourth-order valence-corrected chi connectivity index (χ4v) is 2.42. The minimum Gasteiger partial charge on any atom is -0.369 e. The maximum atomic E-state index is 11.4. The quantitative estimate of drug-likeness (QED) is 0.760. The Bertz CT molecular complexity index is 553. The fraction of sp³-hybridized carbons (Fsp3) is 0.400. The standard InChI is InChI=1S/C10H13ClN4O2S/c1-2-14-18(16,17)4-3-13-10-6-8(7-12)5-9(11)15-10/h5-6,14H,2-4H2,1H3,(H,13,15). The van der Waals surface area contributed by atoms with E-state index >= 15 is 0 Å². The van der Waals surface area contributed by atoms with Crippen molar-refractivity contribution >= 4 is 27.4 Å². The van der Waals surface area contributed by atoms with Gasteiger partial charge in [-0.05, 0) is 12.1 Å². The highest BCUT2D eigenvalue weighted by Gasteiger charge is 2.08. The van der Waals surface area contributed by atoms with Crippen molar-refractivity contribution in [2.75, 3.05) is 24.2 Å². The lowest BCUT2D eigenvalue weighted by Crippen LogP contribution is -2.29. The number of aromatic nitrogens is 1. The molecule has 0 aliphatic rings. The van der Waals surface area contributed by atoms with Crippen LogP contribution < -0.4 is 10.0 Å². The van der Waals surface area contributed by atoms with Crippen LogP contribution in [0, 0.1) is 11.3 Å². The van der Waals surface area contributed by atoms with Crippen LogP contribution in [-0.2, 0) is 10.0 Å². The second-order valence-electron chi connectivity index (χ2n) is 3.42. The maximum Gasteiger partial charge on any atom is 0.213 e. The molecule has 1 rings (SSSR count). The van der Waals surface area contributed by atoms with Crippen molar-refractivity contribution in [2.24, 2.45) is 0 Å². The molecular weight excluding hydrogens is 276 g/mol. The summed E-state index contributed by atoms with van der Waals surface area (Å²) >= 11 is 5.71. The van der Waals surface area contributed by atoms with Crippen LogP contribution in [0.25, 0.3) is 0 Å². The van der Waals surface area contributed by atoms with E-state index in [1.807, 2.05) is 6.07 Å². The second-order valence-corrected chi connectivity index (χ2v) is 5.73. The first kappa shape index (κ1) is 14.7. The average molecular weight is 289 g/mol. The van der Waals surface area contributed by atoms with Crippen molar-refractivity contribution in [3.8, 4) is 6.07 Å². The summed E-state index contributed by atoms with van der Waals surface area (Å²) < 4.78 is 25.1. The molecule has 0 bridgehead atoms. The molecular formula is C10H13ClN4O2S. The smallest absolute Gasteiger partial charge is 0.213 e. The number of rotatable bonds is 6. The fourth-order valence-electron chi connectivity index (χ4n) is 1.26. The summed E-state index contributed by atoms with van der Waals surface area (Å²) in [6.07, 6.45) is 0. The molecule has 6 nitrogen and oxygen atoms in total. The van der Waals surface area contributed by atoms with Crippen LogP contribution in [-0.4, -0.2) is 32.2 Å². The lowest BCUT2D eigenvalue weighted by molar-refractivity contribution is 0.584. The monoisotopic (exact) mass is 288 g/mol. The molecule has 0 spiro atoms. The highest BCUT2D eigenvalue weighted by molar-refractivity contribution is 7.89. The molecule has 0 amide bonds. The number of sulfonamides is 1. The van der Waals surface area contributed by atoms with E-state index in [9.17, 15) is 8.42 Å². The number of nitrogens with one attached hydrogen (secondary N) is 2. The van der Waals surface area contributed by atoms with Crippen molar-refractivity contribution in [3.05, 3.63) is 22.8 Å². The van der Waals surface area contributed by atoms with Crippen LogP contribution in [0.1, 0.15) is 12.5 Å². The van der Waals surface area contributed by atoms with Crippen molar-refractivity contribution in [2.45, 2.75) is 6.92 Å². The zero-order chi connectivity index (χ0) is 13.6. The third-order valence-corrected chi connectivity index (χ3v) is 3.63. The van der Waals surface area contributed by atoms with E-state index in [4.69, 9.17) is 16.9 Å². The molecule has 18 heavy (non-hydrogen) atoms. The van der Waals surface area contributed by atoms with Gasteiger partial charge in [-0.1, -0.05) is 18.5 Å². The van der Waals surface area contributed by atoms with Gasteiger partial charge in [-0.2, -0.15) is 5.26 Å². The number of nitrogens with zero attached hydrogens (tertiary/aromatic N) is 2. The zero-order valence-electron chi connectivity index (χ0n) is 9.77. The average Bonchev–Trinajstić information content (AvgIpc) is 2.27. The zero-order valence-corrected chi connectivity index (χ0v) is 11.3. The van der Waals surface area contributed by atoms with Crippen LogP contribution in [0.4, 0.5) is 5.82 Å². The molecule has 1 aromatic heterocycles. The Hall–Kier alpha value is -1.36. The highest BCUT2D eigenvalue weighted by Crippen LogP contribution is 2.13. The number of halogens is 1. The Morgan fingerprint density at radius 3 is 2.83 bits per heavy atom. The topological polar surface area (TPSA) is 94.9 Å². The van der Waals surface area contributed by atoms with Gasteiger partial charge in [0.25, 0.3) is 0 Å². The minimum atomic E-state index is -3.27. The summed E-state index contributed by atoms with van der Waals surface area (Å²) in [6.45, 7) is 2.26. The molecule has 8 heteroatoms. The molecule has 0 atom stereocenters. The molecule has 0 aliphatic carbocycles. The molecule has 0 aromatic carbocycles. The molecule has 0 fully saturated rings. The second kappa shape index (κ2) is 6.54. The van der Waals surface area contributed by atoms with Gasteiger partial charge in [0.2, 0.25) is 10.0 Å². The van der Waals surface area contributed by atoms with Gasteiger partial charge in [0.15, 0.2) is 0 Å². The largest absolute Gasteiger partial charge is 0.369 e. The number of pyridine rings is 1. The van der Waals surface area contributed by atoms with Crippen molar-refractivity contribution in [1.82, 2.24) is 9.71 Å². The van der Waals surface area contributed by atoms with Crippen LogP contribution in [0.3, 0.4) is 0 Å². The minimum absolute atomic E-state index is 0.0725. The first-order valence-electron chi connectivity index (χ1n) is 5.25. The van der Waals surface area contributed by atoms with Gasteiger partial charge < -0.3 is 5.32 Å². The molecule has 0 radical (unpaired) electrons. The van der Waals surface area contributed by atoms with Gasteiger partial charge >= 0.3 is 0 Å². The van der Waals surface area contributed by atoms with E-state index in [2.05, 4.69) is 15.0 Å². The molecule has 1 aromatic rings. The summed E-state index contributed by atoms with van der Waals surface area (Å²) in [5.41, 5.74) is 0.368. The Morgan fingerprint density at radius 1 is 1.50 bits per heavy atom. The van der Waals surface area contributed by atoms with E-state index in [-0.39, 0.29) is 17.5 Å². The SMILES string of the molecule is CCNS(=O)(=O)CCNc1cc(C#N)cc(Cl)n1. The number of hydrogen-bond donors (Lipinski definition) is 2. The summed E-state index contributed by atoms with van der Waals surface area (Å²) in [5.74, 6) is 0.308. The first-order chi connectivity index (χ1) is 8.46. The predicted octanol–water partition coefficient (Wildman–Crippen LogP) is 0.958. The van der Waals surface area contributed by atoms with Gasteiger partial charge in [-0.25, -0.2) is 18.1 Å². The van der Waals surface area contributed by atoms with E-state index < -0.39 is 10.0 Å². The molecule has 0 unspecified atom stereocenters. The maximum absolute atomic E-state index is 11.4. The summed E-state index contributed by atoms with van der Waals surface area (Å²) in [6, 6.07) is 4.88. The molecule has 98 valence electrons. The third-order valence-electron chi connectivity index (χ3n) is 1.96. The molecule has 1 heterocycles. The van der Waals surface area contributed by atoms with Crippen LogP contribution in [0.2, 0.25) is 5.15 Å². The van der Waals surface area contributed by atoms with Gasteiger partial charge in [-0.3, -0.25) is 0 Å². The van der Waals surface area contributed by atoms with Crippen LogP contribution in [0.5, 0.6) is 0 Å². The van der Waals surface area contributed by atoms with Crippen molar-refractivity contribution in [3.63, 3.8) is 0 Å². The molecule has 0 saturated carbocycles. The number of anilines is 1. The normalized spacial score (nSPS) is 10.9. The van der Waals surface area contributed by atoms with Gasteiger partial charge in [0, 0.05) is 13.1 Å². The van der Waals surface area contributed by atoms with E-state index in [0.29, 0.717) is 17.9 Å². The van der Waals surface area contributed by atoms with Gasteiger partial charge in [-0.15, -0.1) is 0 Å². The Kier molecular flexibility index (Phi) is 5.34. The summed E-state index contributed by atoms with van der Waals surface area (Å²) in [5, 5.41) is 11.7. The number of nitriles is 1. The predicted molar refractivity (Wildman–Crippen MR) is 69.9 cm³/mol. The van der Waals surface area contributed by atoms with Gasteiger partial charge in [0.05, 0.1) is 17.4 Å². The lowest BCUT2D eigenvalue weighted by Gasteiger charge is -2.07. The van der Waals surface area contributed by atoms with Gasteiger partial charge in [0.1, 0.15) is 11.0 Å². The molecule has 0 aliphatic heterocycles. The van der Waals surface area contributed by atoms with Crippen LogP contribution >= 0.6 is 11.6 Å². The van der Waals surface area contributed by atoms with E-state index in [1.165, 1.54) is 12.1 Å². The van der Waals surface area contributed by atoms with E-state index in [1.54, 1.807) is 6.92 Å². The van der Waals surface area contributed by atoms with Crippen molar-refractivity contribution < 1.29 is 8.42 Å². The highest BCUT2D eigenvalue weighted by atomic mass is 35.5. The summed E-state index contributed by atoms with van der Waals surface area (Å²) in [7, 11) is -3.27. The molecule has 0 saturated heterocycles. The Morgan fingerprint density at radius 2 is 2.22 bits per heavy atom. The van der Waals surface area contributed by atoms with E-state index in [0.717, 1.165) is 0 Å². The number of hydrogen-bond acceptors (Lipinski definition) is 5. The Labute approximate surface area is 111 Å². The van der Waals surface area contributed by atoms with Crippen LogP contribution in [0.15, 0.2) is 12.1 Å². The van der Waals surface area contributed by atoms with Crippen molar-refractivity contribution in [1.29, 1.82) is 5.26 Å². The first-order valence-corrected chi connectivity index (χ1v) is 7.29.